The summed E-state index contributed by atoms with van der Waals surface area (Å²) >= 11 is 5.59. The number of imidazole rings is 1. The van der Waals surface area contributed by atoms with E-state index in [0.29, 0.717) is 31.5 Å². The fourth-order valence-corrected chi connectivity index (χ4v) is 3.57. The number of alkyl halides is 3. The molecule has 168 valence electrons. The molecular formula is C21H22ClF4N3O2. The summed E-state index contributed by atoms with van der Waals surface area (Å²) in [7, 11) is 0. The highest BCUT2D eigenvalue weighted by atomic mass is 35.5. The molecule has 1 N–H and O–H groups in total. The van der Waals surface area contributed by atoms with Crippen LogP contribution in [0.25, 0.3) is 0 Å². The van der Waals surface area contributed by atoms with E-state index in [0.717, 1.165) is 11.8 Å². The van der Waals surface area contributed by atoms with Crippen LogP contribution in [-0.2, 0) is 11.3 Å². The van der Waals surface area contributed by atoms with Crippen molar-refractivity contribution in [1.82, 2.24) is 14.9 Å². The molecule has 1 heterocycles. The standard InChI is InChI=1S/C21H22ClF4N3O2/c1-13(28-20(30)11-31-16-2-3-17(22)18(23)8-16)4-5-29-10-19(27-12-29)15-6-14(7-15)9-21(24,25)26/h2-3,8,10,12,14-15H,1,4-7,9,11H2,(H,28,30). The second-order valence-electron chi connectivity index (χ2n) is 7.66. The predicted octanol–water partition coefficient (Wildman–Crippen LogP) is 5.22. The molecule has 1 saturated carbocycles. The van der Waals surface area contributed by atoms with E-state index in [4.69, 9.17) is 16.3 Å². The molecule has 1 aliphatic carbocycles. The summed E-state index contributed by atoms with van der Waals surface area (Å²) in [5, 5.41) is 2.57. The van der Waals surface area contributed by atoms with Crippen LogP contribution in [-0.4, -0.2) is 28.2 Å². The number of rotatable bonds is 9. The highest BCUT2D eigenvalue weighted by molar-refractivity contribution is 6.30. The molecule has 2 aromatic rings. The van der Waals surface area contributed by atoms with Crippen LogP contribution in [0.1, 0.15) is 37.3 Å². The van der Waals surface area contributed by atoms with Crippen molar-refractivity contribution in [3.05, 3.63) is 59.5 Å². The number of carbonyl (C=O) groups excluding carboxylic acids is 1. The SMILES string of the molecule is C=C(CCn1cnc(C2CC(CC(F)(F)F)C2)c1)NC(=O)COc1ccc(Cl)c(F)c1. The number of halogens is 5. The number of carbonyl (C=O) groups is 1. The minimum absolute atomic E-state index is 0.0359. The van der Waals surface area contributed by atoms with Crippen LogP contribution in [0.3, 0.4) is 0 Å². The van der Waals surface area contributed by atoms with E-state index >= 15 is 0 Å². The highest BCUT2D eigenvalue weighted by Gasteiger charge is 2.39. The number of hydrogen-bond donors (Lipinski definition) is 1. The van der Waals surface area contributed by atoms with Gasteiger partial charge in [0.05, 0.1) is 17.0 Å². The van der Waals surface area contributed by atoms with Crippen LogP contribution >= 0.6 is 11.6 Å². The topological polar surface area (TPSA) is 56.2 Å². The molecule has 0 saturated heterocycles. The maximum Gasteiger partial charge on any atom is 0.389 e. The summed E-state index contributed by atoms with van der Waals surface area (Å²) in [6, 6.07) is 3.88. The average Bonchev–Trinajstić information content (AvgIpc) is 3.11. The zero-order valence-corrected chi connectivity index (χ0v) is 17.3. The third-order valence-electron chi connectivity index (χ3n) is 5.08. The number of benzene rings is 1. The maximum absolute atomic E-state index is 13.4. The van der Waals surface area contributed by atoms with Crippen LogP contribution in [0.4, 0.5) is 17.6 Å². The van der Waals surface area contributed by atoms with Crippen molar-refractivity contribution < 1.29 is 27.1 Å². The Labute approximate surface area is 182 Å². The summed E-state index contributed by atoms with van der Waals surface area (Å²) in [6.45, 7) is 4.00. The van der Waals surface area contributed by atoms with Gasteiger partial charge in [0.1, 0.15) is 11.6 Å². The molecule has 3 rings (SSSR count). The summed E-state index contributed by atoms with van der Waals surface area (Å²) in [5.41, 5.74) is 1.26. The second-order valence-corrected chi connectivity index (χ2v) is 8.06. The van der Waals surface area contributed by atoms with Gasteiger partial charge in [0.15, 0.2) is 6.61 Å². The van der Waals surface area contributed by atoms with Crippen molar-refractivity contribution in [2.75, 3.05) is 6.61 Å². The lowest BCUT2D eigenvalue weighted by Gasteiger charge is -2.34. The van der Waals surface area contributed by atoms with E-state index in [1.807, 2.05) is 10.8 Å². The number of amides is 1. The van der Waals surface area contributed by atoms with Crippen LogP contribution in [0.2, 0.25) is 5.02 Å². The van der Waals surface area contributed by atoms with Crippen molar-refractivity contribution >= 4 is 17.5 Å². The van der Waals surface area contributed by atoms with Crippen LogP contribution in [0.5, 0.6) is 5.75 Å². The summed E-state index contributed by atoms with van der Waals surface area (Å²) in [4.78, 5) is 16.2. The molecule has 0 bridgehead atoms. The second kappa shape index (κ2) is 9.72. The van der Waals surface area contributed by atoms with Gasteiger partial charge in [-0.2, -0.15) is 13.2 Å². The number of nitrogens with one attached hydrogen (secondary N) is 1. The van der Waals surface area contributed by atoms with E-state index in [2.05, 4.69) is 16.9 Å². The Bertz CT molecular complexity index is 939. The van der Waals surface area contributed by atoms with Gasteiger partial charge in [-0.1, -0.05) is 18.2 Å². The Morgan fingerprint density at radius 1 is 1.35 bits per heavy atom. The van der Waals surface area contributed by atoms with Gasteiger partial charge in [-0.05, 0) is 30.9 Å². The number of aromatic nitrogens is 2. The van der Waals surface area contributed by atoms with Gasteiger partial charge in [-0.3, -0.25) is 4.79 Å². The van der Waals surface area contributed by atoms with Gasteiger partial charge >= 0.3 is 6.18 Å². The van der Waals surface area contributed by atoms with Gasteiger partial charge in [0, 0.05) is 43.3 Å². The molecule has 1 fully saturated rings. The maximum atomic E-state index is 13.4. The van der Waals surface area contributed by atoms with E-state index in [-0.39, 0.29) is 29.2 Å². The first kappa shape index (κ1) is 23.1. The lowest BCUT2D eigenvalue weighted by molar-refractivity contribution is -0.151. The molecule has 1 aromatic heterocycles. The smallest absolute Gasteiger partial charge is 0.389 e. The molecule has 0 aliphatic heterocycles. The van der Waals surface area contributed by atoms with Crippen molar-refractivity contribution in [2.24, 2.45) is 5.92 Å². The molecule has 0 atom stereocenters. The fraction of sp³-hybridized carbons (Fsp3) is 0.429. The Balaban J connectivity index is 1.36. The zero-order valence-electron chi connectivity index (χ0n) is 16.6. The van der Waals surface area contributed by atoms with Gasteiger partial charge in [-0.25, -0.2) is 9.37 Å². The average molecular weight is 460 g/mol. The van der Waals surface area contributed by atoms with Crippen molar-refractivity contribution in [3.8, 4) is 5.75 Å². The highest BCUT2D eigenvalue weighted by Crippen LogP contribution is 2.45. The van der Waals surface area contributed by atoms with E-state index < -0.39 is 24.3 Å². The summed E-state index contributed by atoms with van der Waals surface area (Å²) in [6.07, 6.45) is 0.0316. The minimum atomic E-state index is -4.12. The normalized spacial score (nSPS) is 18.4. The third-order valence-corrected chi connectivity index (χ3v) is 5.38. The van der Waals surface area contributed by atoms with Crippen LogP contribution < -0.4 is 10.1 Å². The number of allylic oxidation sites excluding steroid dienone is 1. The molecule has 31 heavy (non-hydrogen) atoms. The largest absolute Gasteiger partial charge is 0.484 e. The van der Waals surface area contributed by atoms with E-state index in [9.17, 15) is 22.4 Å². The Kier molecular flexibility index (Phi) is 7.25. The van der Waals surface area contributed by atoms with Crippen LogP contribution in [0, 0.1) is 11.7 Å². The Morgan fingerprint density at radius 2 is 2.10 bits per heavy atom. The monoisotopic (exact) mass is 459 g/mol. The Morgan fingerprint density at radius 3 is 2.77 bits per heavy atom. The molecule has 0 unspecified atom stereocenters. The molecule has 1 aromatic carbocycles. The number of ether oxygens (including phenoxy) is 1. The molecule has 5 nitrogen and oxygen atoms in total. The van der Waals surface area contributed by atoms with E-state index in [1.165, 1.54) is 12.1 Å². The minimum Gasteiger partial charge on any atom is -0.484 e. The van der Waals surface area contributed by atoms with Crippen LogP contribution in [0.15, 0.2) is 43.0 Å². The van der Waals surface area contributed by atoms with Gasteiger partial charge in [0.25, 0.3) is 5.91 Å². The first-order chi connectivity index (χ1) is 14.6. The Hall–Kier alpha value is -2.55. The zero-order chi connectivity index (χ0) is 22.6. The molecule has 0 spiro atoms. The summed E-state index contributed by atoms with van der Waals surface area (Å²) < 4.78 is 57.6. The van der Waals surface area contributed by atoms with E-state index in [1.54, 1.807) is 6.33 Å². The predicted molar refractivity (Wildman–Crippen MR) is 107 cm³/mol. The first-order valence-corrected chi connectivity index (χ1v) is 10.1. The molecular weight excluding hydrogens is 438 g/mol. The number of hydrogen-bond acceptors (Lipinski definition) is 3. The van der Waals surface area contributed by atoms with Gasteiger partial charge in [0.2, 0.25) is 0 Å². The summed E-state index contributed by atoms with van der Waals surface area (Å²) in [5.74, 6) is -1.15. The fourth-order valence-electron chi connectivity index (χ4n) is 3.46. The van der Waals surface area contributed by atoms with Gasteiger partial charge < -0.3 is 14.6 Å². The molecule has 0 radical (unpaired) electrons. The van der Waals surface area contributed by atoms with Gasteiger partial charge in [-0.15, -0.1) is 0 Å². The molecule has 10 heteroatoms. The number of aryl methyl sites for hydroxylation is 1. The number of nitrogens with zero attached hydrogens (tertiary/aromatic N) is 2. The quantitative estimate of drug-likeness (QED) is 0.523. The van der Waals surface area contributed by atoms with Crippen molar-refractivity contribution in [1.29, 1.82) is 0 Å². The lowest BCUT2D eigenvalue weighted by atomic mass is 9.72. The van der Waals surface area contributed by atoms with Crippen molar-refractivity contribution in [2.45, 2.75) is 44.3 Å². The van der Waals surface area contributed by atoms with Crippen molar-refractivity contribution in [3.63, 3.8) is 0 Å². The third kappa shape index (κ3) is 6.99. The molecule has 1 aliphatic rings. The molecule has 1 amide bonds. The first-order valence-electron chi connectivity index (χ1n) is 9.73. The lowest BCUT2D eigenvalue weighted by Crippen LogP contribution is -2.28.